The van der Waals surface area contributed by atoms with Gasteiger partial charge in [0.25, 0.3) is 5.69 Å². The maximum atomic E-state index is 10.8. The van der Waals surface area contributed by atoms with E-state index in [2.05, 4.69) is 5.32 Å². The van der Waals surface area contributed by atoms with E-state index in [1.54, 1.807) is 0 Å². The molecule has 1 aromatic rings. The molecule has 2 rings (SSSR count). The highest BCUT2D eigenvalue weighted by Gasteiger charge is 2.20. The number of hydrogen-bond donors (Lipinski definition) is 1. The Bertz CT molecular complexity index is 477. The maximum absolute atomic E-state index is 10.8. The molecule has 1 N–H and O–H groups in total. The molecule has 0 radical (unpaired) electrons. The van der Waals surface area contributed by atoms with Crippen molar-refractivity contribution in [2.24, 2.45) is 0 Å². The summed E-state index contributed by atoms with van der Waals surface area (Å²) >= 11 is 0. The van der Waals surface area contributed by atoms with Crippen LogP contribution in [0.1, 0.15) is 12.0 Å². The summed E-state index contributed by atoms with van der Waals surface area (Å²) in [6.45, 7) is 1.27. The van der Waals surface area contributed by atoms with Crippen LogP contribution in [0.2, 0.25) is 0 Å². The molecule has 0 unspecified atom stereocenters. The van der Waals surface area contributed by atoms with E-state index in [-0.39, 0.29) is 11.8 Å². The lowest BCUT2D eigenvalue weighted by Gasteiger charge is -2.26. The molecule has 1 aliphatic rings. The molecule has 0 bridgehead atoms. The Morgan fingerprint density at radius 3 is 2.94 bits per heavy atom. The SMILES string of the molecule is N#Cc1ccc([N+](=O)[O-])c(NC[C@H]2CCO2)c1. The standard InChI is InChI=1S/C11H11N3O3/c12-6-8-1-2-11(14(15)16)10(5-8)13-7-9-3-4-17-9/h1-2,5,9,13H,3-4,7H2/t9-/m1/s1. The Kier molecular flexibility index (Phi) is 3.21. The minimum atomic E-state index is -0.467. The Hall–Kier alpha value is -2.13. The van der Waals surface area contributed by atoms with Crippen molar-refractivity contribution in [2.45, 2.75) is 12.5 Å². The van der Waals surface area contributed by atoms with Gasteiger partial charge in [0.2, 0.25) is 0 Å². The first kappa shape index (κ1) is 11.4. The van der Waals surface area contributed by atoms with Gasteiger partial charge in [0.1, 0.15) is 5.69 Å². The van der Waals surface area contributed by atoms with E-state index in [0.717, 1.165) is 13.0 Å². The molecule has 88 valence electrons. The second-order valence-corrected chi connectivity index (χ2v) is 3.76. The van der Waals surface area contributed by atoms with Crippen molar-refractivity contribution >= 4 is 11.4 Å². The summed E-state index contributed by atoms with van der Waals surface area (Å²) in [6.07, 6.45) is 1.07. The predicted octanol–water partition coefficient (Wildman–Crippen LogP) is 1.67. The fourth-order valence-corrected chi connectivity index (χ4v) is 1.58. The maximum Gasteiger partial charge on any atom is 0.292 e. The van der Waals surface area contributed by atoms with Crippen LogP contribution in [0.3, 0.4) is 0 Å². The van der Waals surface area contributed by atoms with Crippen LogP contribution in [0.4, 0.5) is 11.4 Å². The van der Waals surface area contributed by atoms with Gasteiger partial charge < -0.3 is 10.1 Å². The number of benzene rings is 1. The third-order valence-corrected chi connectivity index (χ3v) is 2.64. The molecule has 0 aromatic heterocycles. The van der Waals surface area contributed by atoms with Crippen LogP contribution in [-0.4, -0.2) is 24.2 Å². The average Bonchev–Trinajstić information content (AvgIpc) is 2.26. The summed E-state index contributed by atoms with van der Waals surface area (Å²) in [5.41, 5.74) is 0.737. The number of nitrogens with one attached hydrogen (secondary N) is 1. The van der Waals surface area contributed by atoms with Crippen LogP contribution in [-0.2, 0) is 4.74 Å². The third-order valence-electron chi connectivity index (χ3n) is 2.64. The highest BCUT2D eigenvalue weighted by atomic mass is 16.6. The molecule has 17 heavy (non-hydrogen) atoms. The van der Waals surface area contributed by atoms with Crippen LogP contribution < -0.4 is 5.32 Å². The quantitative estimate of drug-likeness (QED) is 0.631. The molecule has 0 spiro atoms. The highest BCUT2D eigenvalue weighted by molar-refractivity contribution is 5.64. The number of rotatable bonds is 4. The Morgan fingerprint density at radius 1 is 1.65 bits per heavy atom. The van der Waals surface area contributed by atoms with Gasteiger partial charge in [0.15, 0.2) is 0 Å². The molecule has 1 heterocycles. The zero-order valence-corrected chi connectivity index (χ0v) is 9.05. The van der Waals surface area contributed by atoms with Crippen molar-refractivity contribution in [3.63, 3.8) is 0 Å². The fraction of sp³-hybridized carbons (Fsp3) is 0.364. The van der Waals surface area contributed by atoms with Gasteiger partial charge >= 0.3 is 0 Å². The molecule has 1 fully saturated rings. The normalized spacial score (nSPS) is 17.9. The molecule has 1 atom stereocenters. The highest BCUT2D eigenvalue weighted by Crippen LogP contribution is 2.25. The molecule has 6 nitrogen and oxygen atoms in total. The van der Waals surface area contributed by atoms with Crippen molar-refractivity contribution in [1.82, 2.24) is 0 Å². The van der Waals surface area contributed by atoms with Crippen LogP contribution in [0.5, 0.6) is 0 Å². The average molecular weight is 233 g/mol. The van der Waals surface area contributed by atoms with Crippen LogP contribution in [0, 0.1) is 21.4 Å². The first-order valence-electron chi connectivity index (χ1n) is 5.24. The van der Waals surface area contributed by atoms with E-state index in [4.69, 9.17) is 10.00 Å². The topological polar surface area (TPSA) is 88.2 Å². The lowest BCUT2D eigenvalue weighted by atomic mass is 10.1. The minimum Gasteiger partial charge on any atom is -0.377 e. The molecule has 0 amide bonds. The summed E-state index contributed by atoms with van der Waals surface area (Å²) in [6, 6.07) is 6.21. The largest absolute Gasteiger partial charge is 0.377 e. The van der Waals surface area contributed by atoms with Crippen LogP contribution >= 0.6 is 0 Å². The van der Waals surface area contributed by atoms with E-state index in [1.807, 2.05) is 6.07 Å². The van der Waals surface area contributed by atoms with Gasteiger partial charge in [-0.15, -0.1) is 0 Å². The second kappa shape index (κ2) is 4.80. The Morgan fingerprint density at radius 2 is 2.41 bits per heavy atom. The minimum absolute atomic E-state index is 0.0247. The summed E-state index contributed by atoms with van der Waals surface area (Å²) < 4.78 is 5.21. The molecule has 1 saturated heterocycles. The van der Waals surface area contributed by atoms with E-state index in [0.29, 0.717) is 17.8 Å². The molecular formula is C11H11N3O3. The van der Waals surface area contributed by atoms with Crippen LogP contribution in [0.15, 0.2) is 18.2 Å². The van der Waals surface area contributed by atoms with E-state index >= 15 is 0 Å². The number of anilines is 1. The van der Waals surface area contributed by atoms with Gasteiger partial charge in [-0.3, -0.25) is 10.1 Å². The zero-order valence-electron chi connectivity index (χ0n) is 9.05. The molecule has 1 aromatic carbocycles. The van der Waals surface area contributed by atoms with E-state index in [9.17, 15) is 10.1 Å². The van der Waals surface area contributed by atoms with Gasteiger partial charge in [0, 0.05) is 19.2 Å². The van der Waals surface area contributed by atoms with Gasteiger partial charge in [-0.2, -0.15) is 5.26 Å². The lowest BCUT2D eigenvalue weighted by Crippen LogP contribution is -2.33. The van der Waals surface area contributed by atoms with Gasteiger partial charge in [-0.25, -0.2) is 0 Å². The first-order chi connectivity index (χ1) is 8.20. The van der Waals surface area contributed by atoms with Crippen molar-refractivity contribution in [1.29, 1.82) is 5.26 Å². The molecule has 0 aliphatic carbocycles. The second-order valence-electron chi connectivity index (χ2n) is 3.76. The van der Waals surface area contributed by atoms with Crippen molar-refractivity contribution in [2.75, 3.05) is 18.5 Å². The Balaban J connectivity index is 2.15. The molecular weight excluding hydrogens is 222 g/mol. The number of hydrogen-bond acceptors (Lipinski definition) is 5. The van der Waals surface area contributed by atoms with Crippen molar-refractivity contribution < 1.29 is 9.66 Å². The van der Waals surface area contributed by atoms with Gasteiger partial charge in [0.05, 0.1) is 22.7 Å². The summed E-state index contributed by atoms with van der Waals surface area (Å²) in [5, 5.41) is 22.5. The summed E-state index contributed by atoms with van der Waals surface area (Å²) in [5.74, 6) is 0. The van der Waals surface area contributed by atoms with E-state index < -0.39 is 4.92 Å². The van der Waals surface area contributed by atoms with Crippen molar-refractivity contribution in [3.8, 4) is 6.07 Å². The zero-order chi connectivity index (χ0) is 12.3. The number of nitro groups is 1. The molecule has 0 saturated carbocycles. The number of nitro benzene ring substituents is 1. The third kappa shape index (κ3) is 2.52. The fourth-order valence-electron chi connectivity index (χ4n) is 1.58. The summed E-state index contributed by atoms with van der Waals surface area (Å²) in [4.78, 5) is 10.3. The van der Waals surface area contributed by atoms with Crippen molar-refractivity contribution in [3.05, 3.63) is 33.9 Å². The predicted molar refractivity (Wildman–Crippen MR) is 60.7 cm³/mol. The first-order valence-corrected chi connectivity index (χ1v) is 5.24. The Labute approximate surface area is 98.0 Å². The monoisotopic (exact) mass is 233 g/mol. The van der Waals surface area contributed by atoms with Gasteiger partial charge in [-0.1, -0.05) is 0 Å². The van der Waals surface area contributed by atoms with Crippen LogP contribution in [0.25, 0.3) is 0 Å². The van der Waals surface area contributed by atoms with Gasteiger partial charge in [-0.05, 0) is 18.6 Å². The smallest absolute Gasteiger partial charge is 0.292 e. The number of ether oxygens (including phenoxy) is 1. The molecule has 6 heteroatoms. The number of nitriles is 1. The lowest BCUT2D eigenvalue weighted by molar-refractivity contribution is -0.384. The molecule has 1 aliphatic heterocycles. The van der Waals surface area contributed by atoms with E-state index in [1.165, 1.54) is 18.2 Å². The summed E-state index contributed by atoms with van der Waals surface area (Å²) in [7, 11) is 0. The number of nitrogens with zero attached hydrogens (tertiary/aromatic N) is 2.